The molecular weight excluding hydrogens is 236 g/mol. The molecule has 1 amide bonds. The Hall–Kier alpha value is -1.51. The maximum atomic E-state index is 12.5. The lowest BCUT2D eigenvalue weighted by atomic mass is 9.86. The van der Waals surface area contributed by atoms with Crippen LogP contribution in [0.5, 0.6) is 0 Å². The average Bonchev–Trinajstić information content (AvgIpc) is 2.37. The van der Waals surface area contributed by atoms with Crippen LogP contribution >= 0.6 is 0 Å². The van der Waals surface area contributed by atoms with Crippen molar-refractivity contribution in [1.29, 1.82) is 0 Å². The van der Waals surface area contributed by atoms with Crippen LogP contribution in [0.1, 0.15) is 42.6 Å². The summed E-state index contributed by atoms with van der Waals surface area (Å²) in [5.41, 5.74) is 8.25. The number of amides is 1. The van der Waals surface area contributed by atoms with Crippen molar-refractivity contribution in [1.82, 2.24) is 4.90 Å². The van der Waals surface area contributed by atoms with Crippen LogP contribution < -0.4 is 5.73 Å². The standard InChI is InChI=1S/C16H24N2O/c1-11(2)13-4-6-18(7-5-13)16(19)14-8-12(3)9-15(17)10-14/h8-11,13H,4-7,17H2,1-3H3. The van der Waals surface area contributed by atoms with Crippen molar-refractivity contribution in [2.45, 2.75) is 33.6 Å². The van der Waals surface area contributed by atoms with Crippen molar-refractivity contribution < 1.29 is 4.79 Å². The molecule has 1 aromatic rings. The van der Waals surface area contributed by atoms with Gasteiger partial charge in [-0.25, -0.2) is 0 Å². The quantitative estimate of drug-likeness (QED) is 0.831. The zero-order valence-electron chi connectivity index (χ0n) is 12.1. The number of nitrogens with zero attached hydrogens (tertiary/aromatic N) is 1. The number of rotatable bonds is 2. The number of carbonyl (C=O) groups is 1. The van der Waals surface area contributed by atoms with E-state index in [0.29, 0.717) is 11.6 Å². The number of benzene rings is 1. The van der Waals surface area contributed by atoms with Crippen LogP contribution in [0.3, 0.4) is 0 Å². The van der Waals surface area contributed by atoms with E-state index in [1.807, 2.05) is 24.0 Å². The van der Waals surface area contributed by atoms with E-state index in [9.17, 15) is 4.79 Å². The molecule has 0 aliphatic carbocycles. The zero-order chi connectivity index (χ0) is 14.0. The van der Waals surface area contributed by atoms with Crippen LogP contribution in [0.25, 0.3) is 0 Å². The van der Waals surface area contributed by atoms with E-state index in [4.69, 9.17) is 5.73 Å². The van der Waals surface area contributed by atoms with Gasteiger partial charge in [-0.2, -0.15) is 0 Å². The highest BCUT2D eigenvalue weighted by atomic mass is 16.2. The van der Waals surface area contributed by atoms with Crippen molar-refractivity contribution in [3.8, 4) is 0 Å². The number of likely N-dealkylation sites (tertiary alicyclic amines) is 1. The Kier molecular flexibility index (Phi) is 4.13. The van der Waals surface area contributed by atoms with Gasteiger partial charge in [0.05, 0.1) is 0 Å². The molecule has 19 heavy (non-hydrogen) atoms. The van der Waals surface area contributed by atoms with Crippen molar-refractivity contribution in [2.75, 3.05) is 18.8 Å². The van der Waals surface area contributed by atoms with E-state index in [-0.39, 0.29) is 5.91 Å². The largest absolute Gasteiger partial charge is 0.399 e. The lowest BCUT2D eigenvalue weighted by Crippen LogP contribution is -2.39. The summed E-state index contributed by atoms with van der Waals surface area (Å²) < 4.78 is 0. The molecule has 3 nitrogen and oxygen atoms in total. The number of hydrogen-bond donors (Lipinski definition) is 1. The molecule has 0 radical (unpaired) electrons. The summed E-state index contributed by atoms with van der Waals surface area (Å²) in [7, 11) is 0. The van der Waals surface area contributed by atoms with Crippen molar-refractivity contribution in [3.05, 3.63) is 29.3 Å². The Morgan fingerprint density at radius 3 is 2.42 bits per heavy atom. The molecule has 3 heteroatoms. The Morgan fingerprint density at radius 2 is 1.89 bits per heavy atom. The van der Waals surface area contributed by atoms with Crippen molar-refractivity contribution >= 4 is 11.6 Å². The second-order valence-electron chi connectivity index (χ2n) is 6.01. The number of nitrogen functional groups attached to an aromatic ring is 1. The summed E-state index contributed by atoms with van der Waals surface area (Å²) in [5.74, 6) is 1.59. The zero-order valence-corrected chi connectivity index (χ0v) is 12.1. The van der Waals surface area contributed by atoms with E-state index >= 15 is 0 Å². The molecule has 0 atom stereocenters. The van der Waals surface area contributed by atoms with Gasteiger partial charge in [0, 0.05) is 24.3 Å². The van der Waals surface area contributed by atoms with Gasteiger partial charge in [0.2, 0.25) is 0 Å². The molecule has 2 N–H and O–H groups in total. The molecule has 1 heterocycles. The molecule has 1 aliphatic rings. The number of anilines is 1. The fraction of sp³-hybridized carbons (Fsp3) is 0.562. The summed E-state index contributed by atoms with van der Waals surface area (Å²) in [5, 5.41) is 0. The van der Waals surface area contributed by atoms with Crippen LogP contribution in [0.4, 0.5) is 5.69 Å². The Labute approximate surface area is 115 Å². The number of hydrogen-bond acceptors (Lipinski definition) is 2. The summed E-state index contributed by atoms with van der Waals surface area (Å²) >= 11 is 0. The normalized spacial score (nSPS) is 16.9. The van der Waals surface area contributed by atoms with Gasteiger partial charge in [0.25, 0.3) is 5.91 Å². The first-order valence-corrected chi connectivity index (χ1v) is 7.14. The minimum Gasteiger partial charge on any atom is -0.399 e. The third-order valence-corrected chi connectivity index (χ3v) is 4.12. The van der Waals surface area contributed by atoms with Gasteiger partial charge in [0.15, 0.2) is 0 Å². The number of piperidine rings is 1. The molecule has 104 valence electrons. The minimum absolute atomic E-state index is 0.123. The van der Waals surface area contributed by atoms with Gasteiger partial charge in [-0.1, -0.05) is 13.8 Å². The van der Waals surface area contributed by atoms with Gasteiger partial charge in [-0.05, 0) is 55.4 Å². The van der Waals surface area contributed by atoms with Crippen LogP contribution in [0, 0.1) is 18.8 Å². The SMILES string of the molecule is Cc1cc(N)cc(C(=O)N2CCC(C(C)C)CC2)c1. The third kappa shape index (κ3) is 3.28. The van der Waals surface area contributed by atoms with Gasteiger partial charge in [0.1, 0.15) is 0 Å². The van der Waals surface area contributed by atoms with E-state index in [2.05, 4.69) is 13.8 Å². The summed E-state index contributed by atoms with van der Waals surface area (Å²) in [6, 6.07) is 5.60. The first kappa shape index (κ1) is 13.9. The maximum Gasteiger partial charge on any atom is 0.253 e. The summed E-state index contributed by atoms with van der Waals surface area (Å²) in [4.78, 5) is 14.4. The van der Waals surface area contributed by atoms with E-state index < -0.39 is 0 Å². The molecule has 1 saturated heterocycles. The van der Waals surface area contributed by atoms with E-state index in [1.165, 1.54) is 0 Å². The Bertz CT molecular complexity index is 440. The average molecular weight is 260 g/mol. The van der Waals surface area contributed by atoms with Crippen molar-refractivity contribution in [2.24, 2.45) is 11.8 Å². The first-order chi connectivity index (χ1) is 8.97. The van der Waals surface area contributed by atoms with Gasteiger partial charge >= 0.3 is 0 Å². The summed E-state index contributed by atoms with van der Waals surface area (Å²) in [6.07, 6.45) is 2.23. The molecule has 1 aromatic carbocycles. The van der Waals surface area contributed by atoms with Crippen LogP contribution in [-0.4, -0.2) is 23.9 Å². The van der Waals surface area contributed by atoms with E-state index in [0.717, 1.165) is 43.0 Å². The highest BCUT2D eigenvalue weighted by Gasteiger charge is 2.25. The molecule has 0 spiro atoms. The van der Waals surface area contributed by atoms with Crippen LogP contribution in [0.2, 0.25) is 0 Å². The fourth-order valence-electron chi connectivity index (χ4n) is 2.89. The maximum absolute atomic E-state index is 12.5. The number of carbonyl (C=O) groups excluding carboxylic acids is 1. The lowest BCUT2D eigenvalue weighted by molar-refractivity contribution is 0.0667. The molecule has 0 unspecified atom stereocenters. The smallest absolute Gasteiger partial charge is 0.253 e. The lowest BCUT2D eigenvalue weighted by Gasteiger charge is -2.34. The molecule has 1 aliphatic heterocycles. The van der Waals surface area contributed by atoms with Crippen molar-refractivity contribution in [3.63, 3.8) is 0 Å². The highest BCUT2D eigenvalue weighted by molar-refractivity contribution is 5.95. The van der Waals surface area contributed by atoms with Gasteiger partial charge < -0.3 is 10.6 Å². The van der Waals surface area contributed by atoms with Crippen LogP contribution in [0.15, 0.2) is 18.2 Å². The fourth-order valence-corrected chi connectivity index (χ4v) is 2.89. The first-order valence-electron chi connectivity index (χ1n) is 7.14. The predicted molar refractivity (Wildman–Crippen MR) is 79.1 cm³/mol. The third-order valence-electron chi connectivity index (χ3n) is 4.12. The molecule has 0 aromatic heterocycles. The molecular formula is C16H24N2O. The number of aryl methyl sites for hydroxylation is 1. The second kappa shape index (κ2) is 5.64. The minimum atomic E-state index is 0.123. The monoisotopic (exact) mass is 260 g/mol. The predicted octanol–water partition coefficient (Wildman–Crippen LogP) is 3.09. The molecule has 1 fully saturated rings. The number of nitrogens with two attached hydrogens (primary N) is 1. The highest BCUT2D eigenvalue weighted by Crippen LogP contribution is 2.25. The Morgan fingerprint density at radius 1 is 1.26 bits per heavy atom. The van der Waals surface area contributed by atoms with Gasteiger partial charge in [-0.3, -0.25) is 4.79 Å². The van der Waals surface area contributed by atoms with Crippen LogP contribution in [-0.2, 0) is 0 Å². The summed E-state index contributed by atoms with van der Waals surface area (Å²) in [6.45, 7) is 8.25. The second-order valence-corrected chi connectivity index (χ2v) is 6.01. The Balaban J connectivity index is 2.05. The van der Waals surface area contributed by atoms with E-state index in [1.54, 1.807) is 6.07 Å². The topological polar surface area (TPSA) is 46.3 Å². The van der Waals surface area contributed by atoms with Gasteiger partial charge in [-0.15, -0.1) is 0 Å². The molecule has 0 saturated carbocycles. The molecule has 2 rings (SSSR count). The molecule has 0 bridgehead atoms.